The number of hydrogen-bond acceptors (Lipinski definition) is 5. The maximum Gasteiger partial charge on any atom is 0.407 e. The second kappa shape index (κ2) is 17.3. The number of benzene rings is 2. The van der Waals surface area contributed by atoms with Crippen molar-refractivity contribution in [2.45, 2.75) is 51.2 Å². The summed E-state index contributed by atoms with van der Waals surface area (Å²) < 4.78 is 5.18. The maximum atomic E-state index is 12.7. The SMILES string of the molecule is O=C(O)CCCCCNC(=O)[C@H](CCCNC(=O)OCc1ccccc1)NC(=O)C=Cc1ccccc1. The van der Waals surface area contributed by atoms with Crippen molar-refractivity contribution in [2.75, 3.05) is 13.1 Å². The first-order valence-electron chi connectivity index (χ1n) is 12.4. The molecule has 2 aromatic carbocycles. The molecule has 4 N–H and O–H groups in total. The van der Waals surface area contributed by atoms with Crippen LogP contribution >= 0.6 is 0 Å². The summed E-state index contributed by atoms with van der Waals surface area (Å²) in [6.45, 7) is 0.824. The number of ether oxygens (including phenoxy) is 1. The third kappa shape index (κ3) is 13.5. The van der Waals surface area contributed by atoms with E-state index in [4.69, 9.17) is 9.84 Å². The number of unbranched alkanes of at least 4 members (excludes halogenated alkanes) is 2. The summed E-state index contributed by atoms with van der Waals surface area (Å²) in [5.41, 5.74) is 1.74. The third-order valence-electron chi connectivity index (χ3n) is 5.38. The van der Waals surface area contributed by atoms with Crippen LogP contribution in [-0.4, -0.2) is 48.1 Å². The topological polar surface area (TPSA) is 134 Å². The van der Waals surface area contributed by atoms with Crippen molar-refractivity contribution in [1.82, 2.24) is 16.0 Å². The first kappa shape index (κ1) is 29.1. The summed E-state index contributed by atoms with van der Waals surface area (Å²) in [6.07, 6.45) is 5.21. The van der Waals surface area contributed by atoms with Crippen molar-refractivity contribution in [1.29, 1.82) is 0 Å². The zero-order valence-corrected chi connectivity index (χ0v) is 20.9. The lowest BCUT2D eigenvalue weighted by Crippen LogP contribution is -2.46. The smallest absolute Gasteiger partial charge is 0.407 e. The number of aliphatic carboxylic acids is 1. The Kier molecular flexibility index (Phi) is 13.6. The molecule has 2 rings (SSSR count). The quantitative estimate of drug-likeness (QED) is 0.202. The highest BCUT2D eigenvalue weighted by Crippen LogP contribution is 2.04. The van der Waals surface area contributed by atoms with Gasteiger partial charge < -0.3 is 25.8 Å². The largest absolute Gasteiger partial charge is 0.481 e. The van der Waals surface area contributed by atoms with Crippen LogP contribution in [0.25, 0.3) is 6.08 Å². The highest BCUT2D eigenvalue weighted by molar-refractivity contribution is 5.95. The van der Waals surface area contributed by atoms with Crippen LogP contribution in [-0.2, 0) is 25.7 Å². The van der Waals surface area contributed by atoms with Gasteiger partial charge in [-0.3, -0.25) is 14.4 Å². The van der Waals surface area contributed by atoms with Crippen molar-refractivity contribution in [3.63, 3.8) is 0 Å². The second-order valence-electron chi connectivity index (χ2n) is 8.43. The third-order valence-corrected chi connectivity index (χ3v) is 5.38. The molecule has 0 spiro atoms. The predicted octanol–water partition coefficient (Wildman–Crippen LogP) is 3.65. The van der Waals surface area contributed by atoms with E-state index >= 15 is 0 Å². The lowest BCUT2D eigenvalue weighted by Gasteiger charge is -2.18. The fourth-order valence-corrected chi connectivity index (χ4v) is 3.41. The van der Waals surface area contributed by atoms with Gasteiger partial charge in [-0.05, 0) is 42.9 Å². The van der Waals surface area contributed by atoms with Crippen LogP contribution < -0.4 is 16.0 Å². The van der Waals surface area contributed by atoms with Crippen molar-refractivity contribution in [3.8, 4) is 0 Å². The Morgan fingerprint density at radius 3 is 2.22 bits per heavy atom. The van der Waals surface area contributed by atoms with E-state index in [9.17, 15) is 19.2 Å². The van der Waals surface area contributed by atoms with E-state index in [1.807, 2.05) is 60.7 Å². The number of nitrogens with one attached hydrogen (secondary N) is 3. The Labute approximate surface area is 217 Å². The van der Waals surface area contributed by atoms with Crippen LogP contribution in [0.5, 0.6) is 0 Å². The van der Waals surface area contributed by atoms with Crippen LogP contribution in [0.1, 0.15) is 49.7 Å². The van der Waals surface area contributed by atoms with Gasteiger partial charge in [0.15, 0.2) is 0 Å². The van der Waals surface area contributed by atoms with Crippen LogP contribution in [0, 0.1) is 0 Å². The molecule has 0 saturated carbocycles. The molecule has 0 aliphatic heterocycles. The molecule has 0 aliphatic rings. The van der Waals surface area contributed by atoms with E-state index in [0.717, 1.165) is 11.1 Å². The minimum atomic E-state index is -0.840. The van der Waals surface area contributed by atoms with E-state index in [1.165, 1.54) is 6.08 Å². The van der Waals surface area contributed by atoms with Crippen LogP contribution in [0.3, 0.4) is 0 Å². The molecule has 0 radical (unpaired) electrons. The Hall–Kier alpha value is -4.14. The molecule has 0 fully saturated rings. The average Bonchev–Trinajstić information content (AvgIpc) is 2.90. The number of hydrogen-bond donors (Lipinski definition) is 4. The monoisotopic (exact) mass is 509 g/mol. The van der Waals surface area contributed by atoms with Gasteiger partial charge in [0.1, 0.15) is 12.6 Å². The molecule has 2 aromatic rings. The van der Waals surface area contributed by atoms with Gasteiger partial charge in [-0.15, -0.1) is 0 Å². The van der Waals surface area contributed by atoms with Gasteiger partial charge in [0, 0.05) is 25.6 Å². The number of alkyl carbamates (subject to hydrolysis) is 1. The lowest BCUT2D eigenvalue weighted by atomic mass is 10.1. The van der Waals surface area contributed by atoms with Gasteiger partial charge in [0.2, 0.25) is 11.8 Å². The molecule has 1 atom stereocenters. The highest BCUT2D eigenvalue weighted by atomic mass is 16.5. The molecule has 0 aliphatic carbocycles. The molecule has 9 nitrogen and oxygen atoms in total. The number of carboxylic acid groups (broad SMARTS) is 1. The first-order chi connectivity index (χ1) is 17.9. The van der Waals surface area contributed by atoms with Gasteiger partial charge in [0.05, 0.1) is 0 Å². The summed E-state index contributed by atoms with van der Waals surface area (Å²) >= 11 is 0. The normalized spacial score (nSPS) is 11.5. The van der Waals surface area contributed by atoms with Crippen molar-refractivity contribution >= 4 is 30.0 Å². The lowest BCUT2D eigenvalue weighted by molar-refractivity contribution is -0.137. The van der Waals surface area contributed by atoms with Gasteiger partial charge in [-0.2, -0.15) is 0 Å². The first-order valence-corrected chi connectivity index (χ1v) is 12.4. The van der Waals surface area contributed by atoms with Gasteiger partial charge in [-0.25, -0.2) is 4.79 Å². The zero-order valence-electron chi connectivity index (χ0n) is 20.9. The average molecular weight is 510 g/mol. The number of amides is 3. The molecule has 0 bridgehead atoms. The number of carboxylic acids is 1. The molecule has 3 amide bonds. The summed E-state index contributed by atoms with van der Waals surface area (Å²) in [5.74, 6) is -1.57. The zero-order chi connectivity index (χ0) is 26.7. The van der Waals surface area contributed by atoms with Gasteiger partial charge in [0.25, 0.3) is 0 Å². The molecule has 0 aromatic heterocycles. The molecule has 0 saturated heterocycles. The van der Waals surface area contributed by atoms with Crippen LogP contribution in [0.4, 0.5) is 4.79 Å². The summed E-state index contributed by atoms with van der Waals surface area (Å²) in [5, 5.41) is 16.9. The van der Waals surface area contributed by atoms with E-state index in [2.05, 4.69) is 16.0 Å². The molecule has 9 heteroatoms. The predicted molar refractivity (Wildman–Crippen MR) is 140 cm³/mol. The van der Waals surface area contributed by atoms with Gasteiger partial charge >= 0.3 is 12.1 Å². The van der Waals surface area contributed by atoms with Crippen molar-refractivity contribution < 1.29 is 29.0 Å². The van der Waals surface area contributed by atoms with Crippen LogP contribution in [0.2, 0.25) is 0 Å². The maximum absolute atomic E-state index is 12.7. The standard InChI is InChI=1S/C28H35N3O6/c32-25(18-17-22-11-4-1-5-12-22)31-24(27(35)29-19-9-3-8-16-26(33)34)15-10-20-30-28(36)37-21-23-13-6-2-7-14-23/h1-2,4-7,11-14,17-18,24H,3,8-10,15-16,19-21H2,(H,29,35)(H,30,36)(H,31,32)(H,33,34)/t24-/m0/s1. The van der Waals surface area contributed by atoms with Crippen LogP contribution in [0.15, 0.2) is 66.7 Å². The molecule has 0 unspecified atom stereocenters. The van der Waals surface area contributed by atoms with E-state index < -0.39 is 24.0 Å². The van der Waals surface area contributed by atoms with Crippen molar-refractivity contribution in [3.05, 3.63) is 77.9 Å². The number of carbonyl (C=O) groups excluding carboxylic acids is 3. The Morgan fingerprint density at radius 1 is 0.838 bits per heavy atom. The summed E-state index contributed by atoms with van der Waals surface area (Å²) in [7, 11) is 0. The van der Waals surface area contributed by atoms with E-state index in [-0.39, 0.29) is 25.5 Å². The molecular formula is C28H35N3O6. The van der Waals surface area contributed by atoms with Crippen molar-refractivity contribution in [2.24, 2.45) is 0 Å². The van der Waals surface area contributed by atoms with E-state index in [1.54, 1.807) is 6.08 Å². The fourth-order valence-electron chi connectivity index (χ4n) is 3.41. The Balaban J connectivity index is 1.79. The molecule has 198 valence electrons. The second-order valence-corrected chi connectivity index (χ2v) is 8.43. The summed E-state index contributed by atoms with van der Waals surface area (Å²) in [4.78, 5) is 47.7. The van der Waals surface area contributed by atoms with E-state index in [0.29, 0.717) is 38.6 Å². The Bertz CT molecular complexity index is 1010. The highest BCUT2D eigenvalue weighted by Gasteiger charge is 2.19. The van der Waals surface area contributed by atoms with Gasteiger partial charge in [-0.1, -0.05) is 67.1 Å². The number of carbonyl (C=O) groups is 4. The minimum Gasteiger partial charge on any atom is -0.481 e. The molecule has 0 heterocycles. The fraction of sp³-hybridized carbons (Fsp3) is 0.357. The molecular weight excluding hydrogens is 474 g/mol. The number of rotatable bonds is 16. The minimum absolute atomic E-state index is 0.0984. The Morgan fingerprint density at radius 2 is 1.51 bits per heavy atom. The summed E-state index contributed by atoms with van der Waals surface area (Å²) in [6, 6.07) is 17.9. The molecule has 37 heavy (non-hydrogen) atoms.